The third-order valence-corrected chi connectivity index (χ3v) is 10.8. The molecule has 0 amide bonds. The van der Waals surface area contributed by atoms with Crippen molar-refractivity contribution in [2.45, 2.75) is 0 Å². The van der Waals surface area contributed by atoms with Crippen molar-refractivity contribution in [3.8, 4) is 73.2 Å². The molecule has 272 valence electrons. The fourth-order valence-corrected chi connectivity index (χ4v) is 8.03. The van der Waals surface area contributed by atoms with Crippen molar-refractivity contribution in [2.75, 3.05) is 0 Å². The van der Waals surface area contributed by atoms with E-state index >= 15 is 0 Å². The van der Waals surface area contributed by atoms with Crippen LogP contribution in [0.25, 0.3) is 106 Å². The van der Waals surface area contributed by atoms with Gasteiger partial charge in [-0.2, -0.15) is 0 Å². The second kappa shape index (κ2) is 14.0. The Bertz CT molecular complexity index is 3260. The van der Waals surface area contributed by atoms with Gasteiger partial charge in [0.25, 0.3) is 0 Å². The Balaban J connectivity index is 1.10. The Kier molecular flexibility index (Phi) is 8.07. The highest BCUT2D eigenvalue weighted by Crippen LogP contribution is 2.40. The first-order valence-corrected chi connectivity index (χ1v) is 19.4. The lowest BCUT2D eigenvalue weighted by atomic mass is 9.99. The van der Waals surface area contributed by atoms with Crippen LogP contribution in [0.4, 0.5) is 0 Å². The van der Waals surface area contributed by atoms with E-state index in [1.54, 1.807) is 0 Å². The van der Waals surface area contributed by atoms with Crippen molar-refractivity contribution in [1.82, 2.24) is 19.5 Å². The zero-order chi connectivity index (χ0) is 38.4. The van der Waals surface area contributed by atoms with Gasteiger partial charge in [0.05, 0.1) is 22.4 Å². The number of furan rings is 1. The predicted octanol–water partition coefficient (Wildman–Crippen LogP) is 13.7. The Hall–Kier alpha value is -7.89. The molecule has 0 N–H and O–H groups in total. The summed E-state index contributed by atoms with van der Waals surface area (Å²) in [6, 6.07) is 71.4. The number of nitrogens with zero attached hydrogens (tertiary/aromatic N) is 4. The lowest BCUT2D eigenvalue weighted by molar-refractivity contribution is 0.669. The van der Waals surface area contributed by atoms with E-state index in [1.807, 2.05) is 36.4 Å². The van der Waals surface area contributed by atoms with E-state index in [-0.39, 0.29) is 0 Å². The lowest BCUT2D eigenvalue weighted by Gasteiger charge is -2.12. The van der Waals surface area contributed by atoms with Crippen LogP contribution < -0.4 is 0 Å². The zero-order valence-electron chi connectivity index (χ0n) is 31.3. The maximum absolute atomic E-state index is 6.56. The summed E-state index contributed by atoms with van der Waals surface area (Å²) in [7, 11) is 0. The fourth-order valence-electron chi connectivity index (χ4n) is 8.03. The van der Waals surface area contributed by atoms with Crippen LogP contribution in [0.15, 0.2) is 211 Å². The molecule has 11 aromatic rings. The summed E-state index contributed by atoms with van der Waals surface area (Å²) in [5.41, 5.74) is 14.8. The molecular formula is C53H34N4O. The number of rotatable bonds is 7. The van der Waals surface area contributed by atoms with E-state index in [0.717, 1.165) is 94.8 Å². The molecule has 11 rings (SSSR count). The molecule has 5 nitrogen and oxygen atoms in total. The van der Waals surface area contributed by atoms with Crippen molar-refractivity contribution in [3.63, 3.8) is 0 Å². The molecule has 0 aliphatic rings. The standard InChI is InChI=1S/C53H34N4O/c1-4-14-35(15-5-1)37-26-28-38(29-27-37)46-34-47(55-52(54-46)40-19-12-18-39(32-40)36-16-6-2-7-17-36)43-22-13-25-50-51(43)44-33-41(30-31-49(44)58-50)53-56-45-23-10-11-24-48(45)57(53)42-20-8-3-9-21-42/h1-34H. The maximum Gasteiger partial charge on any atom is 0.160 e. The van der Waals surface area contributed by atoms with Gasteiger partial charge in [-0.25, -0.2) is 15.0 Å². The molecule has 0 radical (unpaired) electrons. The van der Waals surface area contributed by atoms with Crippen molar-refractivity contribution in [1.29, 1.82) is 0 Å². The van der Waals surface area contributed by atoms with Crippen LogP contribution in [0.3, 0.4) is 0 Å². The van der Waals surface area contributed by atoms with Gasteiger partial charge in [-0.1, -0.05) is 146 Å². The minimum Gasteiger partial charge on any atom is -0.456 e. The first kappa shape index (κ1) is 33.4. The minimum atomic E-state index is 0.652. The molecule has 0 saturated carbocycles. The Morgan fingerprint density at radius 1 is 0.379 bits per heavy atom. The number of aromatic nitrogens is 4. The van der Waals surface area contributed by atoms with Crippen molar-refractivity contribution in [2.24, 2.45) is 0 Å². The molecule has 5 heteroatoms. The summed E-state index contributed by atoms with van der Waals surface area (Å²) in [4.78, 5) is 15.7. The van der Waals surface area contributed by atoms with Crippen LogP contribution in [-0.4, -0.2) is 19.5 Å². The largest absolute Gasteiger partial charge is 0.456 e. The van der Waals surface area contributed by atoms with Crippen LogP contribution in [0.1, 0.15) is 0 Å². The molecule has 3 heterocycles. The lowest BCUT2D eigenvalue weighted by Crippen LogP contribution is -1.97. The Morgan fingerprint density at radius 3 is 1.78 bits per heavy atom. The van der Waals surface area contributed by atoms with E-state index in [1.165, 1.54) is 5.56 Å². The predicted molar refractivity (Wildman–Crippen MR) is 237 cm³/mol. The molecule has 0 aliphatic heterocycles. The molecule has 0 saturated heterocycles. The van der Waals surface area contributed by atoms with Crippen molar-refractivity contribution < 1.29 is 4.42 Å². The number of imidazole rings is 1. The van der Waals surface area contributed by atoms with Crippen LogP contribution in [0.2, 0.25) is 0 Å². The molecule has 0 spiro atoms. The van der Waals surface area contributed by atoms with E-state index in [2.05, 4.69) is 174 Å². The first-order chi connectivity index (χ1) is 28.7. The second-order valence-electron chi connectivity index (χ2n) is 14.4. The van der Waals surface area contributed by atoms with Gasteiger partial charge in [0, 0.05) is 38.7 Å². The van der Waals surface area contributed by atoms with Crippen LogP contribution >= 0.6 is 0 Å². The molecular weight excluding hydrogens is 709 g/mol. The summed E-state index contributed by atoms with van der Waals surface area (Å²) in [6.45, 7) is 0. The van der Waals surface area contributed by atoms with Crippen molar-refractivity contribution in [3.05, 3.63) is 206 Å². The summed E-state index contributed by atoms with van der Waals surface area (Å²) in [5, 5.41) is 1.99. The van der Waals surface area contributed by atoms with Gasteiger partial charge in [0.2, 0.25) is 0 Å². The molecule has 3 aromatic heterocycles. The number of hydrogen-bond acceptors (Lipinski definition) is 4. The molecule has 58 heavy (non-hydrogen) atoms. The summed E-state index contributed by atoms with van der Waals surface area (Å²) in [5.74, 6) is 1.52. The molecule has 0 unspecified atom stereocenters. The van der Waals surface area contributed by atoms with Crippen LogP contribution in [-0.2, 0) is 0 Å². The SMILES string of the molecule is c1ccc(-c2ccc(-c3cc(-c4cccc5oc6ccc(-c7nc8ccccc8n7-c7ccccc7)cc6c45)nc(-c4cccc(-c5ccccc5)c4)n3)cc2)cc1. The average Bonchev–Trinajstić information content (AvgIpc) is 3.89. The molecule has 0 fully saturated rings. The van der Waals surface area contributed by atoms with Gasteiger partial charge < -0.3 is 4.42 Å². The third-order valence-electron chi connectivity index (χ3n) is 10.8. The molecule has 0 atom stereocenters. The zero-order valence-corrected chi connectivity index (χ0v) is 31.3. The smallest absolute Gasteiger partial charge is 0.160 e. The quantitative estimate of drug-likeness (QED) is 0.163. The molecule has 8 aromatic carbocycles. The Labute approximate surface area is 335 Å². The number of hydrogen-bond donors (Lipinski definition) is 0. The van der Waals surface area contributed by atoms with Crippen molar-refractivity contribution >= 4 is 33.0 Å². The highest BCUT2D eigenvalue weighted by atomic mass is 16.3. The van der Waals surface area contributed by atoms with E-state index in [4.69, 9.17) is 19.4 Å². The average molecular weight is 743 g/mol. The van der Waals surface area contributed by atoms with Gasteiger partial charge in [-0.05, 0) is 82.9 Å². The van der Waals surface area contributed by atoms with E-state index in [9.17, 15) is 0 Å². The monoisotopic (exact) mass is 742 g/mol. The number of benzene rings is 8. The van der Waals surface area contributed by atoms with Gasteiger partial charge in [0.1, 0.15) is 17.0 Å². The maximum atomic E-state index is 6.56. The first-order valence-electron chi connectivity index (χ1n) is 19.4. The fraction of sp³-hybridized carbons (Fsp3) is 0. The third kappa shape index (κ3) is 5.94. The summed E-state index contributed by atoms with van der Waals surface area (Å²) < 4.78 is 8.79. The minimum absolute atomic E-state index is 0.652. The van der Waals surface area contributed by atoms with Crippen LogP contribution in [0.5, 0.6) is 0 Å². The normalized spacial score (nSPS) is 11.4. The highest BCUT2D eigenvalue weighted by molar-refractivity contribution is 6.13. The van der Waals surface area contributed by atoms with Gasteiger partial charge in [0.15, 0.2) is 5.82 Å². The van der Waals surface area contributed by atoms with Gasteiger partial charge >= 0.3 is 0 Å². The summed E-state index contributed by atoms with van der Waals surface area (Å²) in [6.07, 6.45) is 0. The highest BCUT2D eigenvalue weighted by Gasteiger charge is 2.20. The molecule has 0 aliphatic carbocycles. The summed E-state index contributed by atoms with van der Waals surface area (Å²) >= 11 is 0. The van der Waals surface area contributed by atoms with Crippen LogP contribution in [0, 0.1) is 0 Å². The van der Waals surface area contributed by atoms with E-state index < -0.39 is 0 Å². The topological polar surface area (TPSA) is 56.7 Å². The van der Waals surface area contributed by atoms with Gasteiger partial charge in [-0.15, -0.1) is 0 Å². The second-order valence-corrected chi connectivity index (χ2v) is 14.4. The molecule has 0 bridgehead atoms. The number of para-hydroxylation sites is 3. The van der Waals surface area contributed by atoms with Gasteiger partial charge in [-0.3, -0.25) is 4.57 Å². The Morgan fingerprint density at radius 2 is 0.983 bits per heavy atom. The van der Waals surface area contributed by atoms with E-state index in [0.29, 0.717) is 5.82 Å². The number of fused-ring (bicyclic) bond motifs is 4.